The van der Waals surface area contributed by atoms with Crippen LogP contribution in [0.25, 0.3) is 0 Å². The van der Waals surface area contributed by atoms with Gasteiger partial charge in [0.1, 0.15) is 0 Å². The lowest BCUT2D eigenvalue weighted by Crippen LogP contribution is -2.21. The lowest BCUT2D eigenvalue weighted by atomic mass is 10.4. The van der Waals surface area contributed by atoms with Gasteiger partial charge in [0.2, 0.25) is 0 Å². The van der Waals surface area contributed by atoms with E-state index in [-0.39, 0.29) is 5.88 Å². The second-order valence-corrected chi connectivity index (χ2v) is 2.24. The lowest BCUT2D eigenvalue weighted by Gasteiger charge is -2.15. The van der Waals surface area contributed by atoms with Crippen molar-refractivity contribution in [3.05, 3.63) is 11.9 Å². The molecule has 9 heavy (non-hydrogen) atoms. The molecule has 1 rings (SSSR count). The minimum atomic E-state index is -0.936. The van der Waals surface area contributed by atoms with Crippen LogP contribution in [0.1, 0.15) is 13.8 Å². The maximum absolute atomic E-state index is 12.2. The van der Waals surface area contributed by atoms with E-state index in [4.69, 9.17) is 10.5 Å². The van der Waals surface area contributed by atoms with E-state index in [1.165, 1.54) is 0 Å². The van der Waals surface area contributed by atoms with E-state index in [1.807, 2.05) is 0 Å². The summed E-state index contributed by atoms with van der Waals surface area (Å²) in [6, 6.07) is -0.833. The van der Waals surface area contributed by atoms with Crippen molar-refractivity contribution in [1.82, 2.24) is 0 Å². The zero-order valence-corrected chi connectivity index (χ0v) is 5.27. The molecule has 1 aliphatic heterocycles. The molecule has 2 N–H and O–H groups in total. The minimum Gasteiger partial charge on any atom is -0.432 e. The second kappa shape index (κ2) is 1.52. The Labute approximate surface area is 52.2 Å². The van der Waals surface area contributed by atoms with Gasteiger partial charge in [-0.15, -0.1) is 0 Å². The van der Waals surface area contributed by atoms with Gasteiger partial charge in [-0.3, -0.25) is 0 Å². The van der Waals surface area contributed by atoms with Gasteiger partial charge in [0.05, 0.1) is 0 Å². The Bertz CT molecular complexity index is 148. The van der Waals surface area contributed by atoms with Gasteiger partial charge in [-0.25, -0.2) is 0 Å². The van der Waals surface area contributed by atoms with Crippen molar-refractivity contribution >= 4 is 0 Å². The Morgan fingerprint density at radius 1 is 1.44 bits per heavy atom. The average molecular weight is 133 g/mol. The number of hydrogen-bond donors (Lipinski definition) is 1. The average Bonchev–Trinajstić information content (AvgIpc) is 1.79. The molecule has 0 saturated carbocycles. The Morgan fingerprint density at radius 3 is 2.11 bits per heavy atom. The van der Waals surface area contributed by atoms with E-state index in [0.29, 0.717) is 0 Å². The van der Waals surface area contributed by atoms with Gasteiger partial charge in [0.25, 0.3) is 11.7 Å². The first-order valence-electron chi connectivity index (χ1n) is 2.54. The van der Waals surface area contributed by atoms with Crippen LogP contribution >= 0.6 is 0 Å². The third-order valence-electron chi connectivity index (χ3n) is 0.885. The maximum atomic E-state index is 12.2. The van der Waals surface area contributed by atoms with Crippen LogP contribution in [-0.2, 0) is 9.47 Å². The molecular formula is C5H8FNO2. The van der Waals surface area contributed by atoms with Crippen LogP contribution < -0.4 is 5.73 Å². The summed E-state index contributed by atoms with van der Waals surface area (Å²) in [7, 11) is 0. The first-order chi connectivity index (χ1) is 4.01. The Balaban J connectivity index is 2.70. The third kappa shape index (κ3) is 1.06. The van der Waals surface area contributed by atoms with Crippen LogP contribution in [-0.4, -0.2) is 5.79 Å². The van der Waals surface area contributed by atoms with Gasteiger partial charge in [0, 0.05) is 13.8 Å². The fourth-order valence-corrected chi connectivity index (χ4v) is 0.592. The fourth-order valence-electron chi connectivity index (χ4n) is 0.592. The Morgan fingerprint density at radius 2 is 2.00 bits per heavy atom. The molecule has 0 atom stereocenters. The van der Waals surface area contributed by atoms with Crippen molar-refractivity contribution in [3.8, 4) is 0 Å². The number of hydrogen-bond acceptors (Lipinski definition) is 3. The molecule has 1 aliphatic rings. The van der Waals surface area contributed by atoms with Crippen LogP contribution in [0, 0.1) is 0 Å². The van der Waals surface area contributed by atoms with Crippen LogP contribution in [0.2, 0.25) is 0 Å². The molecule has 3 nitrogen and oxygen atoms in total. The topological polar surface area (TPSA) is 44.5 Å². The van der Waals surface area contributed by atoms with Gasteiger partial charge >= 0.3 is 6.01 Å². The Kier molecular flexibility index (Phi) is 1.05. The van der Waals surface area contributed by atoms with Gasteiger partial charge in [-0.2, -0.15) is 4.39 Å². The lowest BCUT2D eigenvalue weighted by molar-refractivity contribution is -0.132. The fraction of sp³-hybridized carbons (Fsp3) is 0.600. The molecule has 0 radical (unpaired) electrons. The van der Waals surface area contributed by atoms with Crippen molar-refractivity contribution in [2.45, 2.75) is 19.6 Å². The molecule has 0 fully saturated rings. The van der Waals surface area contributed by atoms with Crippen LogP contribution in [0.3, 0.4) is 0 Å². The predicted molar refractivity (Wildman–Crippen MR) is 28.6 cm³/mol. The smallest absolute Gasteiger partial charge is 0.337 e. The predicted octanol–water partition coefficient (Wildman–Crippen LogP) is 0.824. The number of halogens is 1. The standard InChI is InChI=1S/C5H8FNO2/c1-5(2)8-3(6)4(7)9-5/h7H2,1-2H3. The highest BCUT2D eigenvalue weighted by molar-refractivity contribution is 4.95. The summed E-state index contributed by atoms with van der Waals surface area (Å²) in [4.78, 5) is 0. The molecule has 0 aliphatic carbocycles. The number of rotatable bonds is 0. The molecule has 0 spiro atoms. The molecule has 52 valence electrons. The summed E-state index contributed by atoms with van der Waals surface area (Å²) >= 11 is 0. The molecule has 0 aromatic rings. The summed E-state index contributed by atoms with van der Waals surface area (Å²) in [5, 5.41) is 0. The zero-order chi connectivity index (χ0) is 7.07. The van der Waals surface area contributed by atoms with E-state index in [1.54, 1.807) is 13.8 Å². The van der Waals surface area contributed by atoms with Crippen LogP contribution in [0.5, 0.6) is 0 Å². The van der Waals surface area contributed by atoms with Crippen molar-refractivity contribution in [2.75, 3.05) is 0 Å². The van der Waals surface area contributed by atoms with Crippen LogP contribution in [0.15, 0.2) is 11.9 Å². The summed E-state index contributed by atoms with van der Waals surface area (Å²) < 4.78 is 21.5. The van der Waals surface area contributed by atoms with Crippen molar-refractivity contribution < 1.29 is 13.9 Å². The first-order valence-corrected chi connectivity index (χ1v) is 2.54. The monoisotopic (exact) mass is 133 g/mol. The molecule has 0 unspecified atom stereocenters. The molecule has 1 heterocycles. The SMILES string of the molecule is CC1(C)OC(N)=C(F)O1. The highest BCUT2D eigenvalue weighted by Crippen LogP contribution is 2.27. The van der Waals surface area contributed by atoms with E-state index >= 15 is 0 Å². The zero-order valence-electron chi connectivity index (χ0n) is 5.27. The third-order valence-corrected chi connectivity index (χ3v) is 0.885. The molecule has 0 bridgehead atoms. The number of nitrogens with two attached hydrogens (primary N) is 1. The van der Waals surface area contributed by atoms with Gasteiger partial charge in [0.15, 0.2) is 0 Å². The van der Waals surface area contributed by atoms with E-state index in [9.17, 15) is 4.39 Å². The highest BCUT2D eigenvalue weighted by atomic mass is 19.1. The largest absolute Gasteiger partial charge is 0.432 e. The van der Waals surface area contributed by atoms with Gasteiger partial charge in [-0.1, -0.05) is 0 Å². The van der Waals surface area contributed by atoms with Crippen LogP contribution in [0.4, 0.5) is 4.39 Å². The molecule has 0 saturated heterocycles. The van der Waals surface area contributed by atoms with Gasteiger partial charge in [-0.05, 0) is 0 Å². The quantitative estimate of drug-likeness (QED) is 0.532. The summed E-state index contributed by atoms with van der Waals surface area (Å²) in [5.41, 5.74) is 5.01. The van der Waals surface area contributed by atoms with E-state index in [0.717, 1.165) is 0 Å². The minimum absolute atomic E-state index is 0.278. The maximum Gasteiger partial charge on any atom is 0.337 e. The highest BCUT2D eigenvalue weighted by Gasteiger charge is 2.32. The van der Waals surface area contributed by atoms with Crippen molar-refractivity contribution in [2.24, 2.45) is 5.73 Å². The van der Waals surface area contributed by atoms with Gasteiger partial charge < -0.3 is 15.2 Å². The summed E-state index contributed by atoms with van der Waals surface area (Å²) in [6.07, 6.45) is 0. The van der Waals surface area contributed by atoms with E-state index in [2.05, 4.69) is 4.74 Å². The van der Waals surface area contributed by atoms with E-state index < -0.39 is 11.8 Å². The second-order valence-electron chi connectivity index (χ2n) is 2.24. The number of ether oxygens (including phenoxy) is 2. The molecule has 4 heteroatoms. The summed E-state index contributed by atoms with van der Waals surface area (Å²) in [5.74, 6) is -1.21. The van der Waals surface area contributed by atoms with Crippen molar-refractivity contribution in [3.63, 3.8) is 0 Å². The molecule has 0 aromatic heterocycles. The summed E-state index contributed by atoms with van der Waals surface area (Å²) in [6.45, 7) is 3.15. The molecular weight excluding hydrogens is 125 g/mol. The Hall–Kier alpha value is -0.930. The molecule has 0 amide bonds. The normalized spacial score (nSPS) is 23.4. The first kappa shape index (κ1) is 6.19. The molecule has 0 aromatic carbocycles. The van der Waals surface area contributed by atoms with Crippen molar-refractivity contribution in [1.29, 1.82) is 0 Å².